The van der Waals surface area contributed by atoms with E-state index in [9.17, 15) is 4.39 Å². The van der Waals surface area contributed by atoms with Crippen LogP contribution in [0.2, 0.25) is 0 Å². The lowest BCUT2D eigenvalue weighted by atomic mass is 9.87. The Morgan fingerprint density at radius 2 is 2.11 bits per heavy atom. The molecule has 18 heavy (non-hydrogen) atoms. The molecule has 0 aliphatic heterocycles. The Kier molecular flexibility index (Phi) is 4.87. The molecule has 1 aliphatic carbocycles. The molecule has 1 aliphatic rings. The van der Waals surface area contributed by atoms with Gasteiger partial charge in [-0.15, -0.1) is 11.6 Å². The van der Waals surface area contributed by atoms with Crippen molar-refractivity contribution >= 4 is 11.6 Å². The average molecular weight is 271 g/mol. The highest BCUT2D eigenvalue weighted by Crippen LogP contribution is 2.35. The number of methoxy groups -OCH3 is 1. The van der Waals surface area contributed by atoms with Gasteiger partial charge in [-0.3, -0.25) is 0 Å². The van der Waals surface area contributed by atoms with E-state index in [2.05, 4.69) is 0 Å². The van der Waals surface area contributed by atoms with Crippen molar-refractivity contribution in [2.75, 3.05) is 13.0 Å². The minimum atomic E-state index is -0.229. The molecule has 0 aromatic heterocycles. The number of hydrogen-bond acceptors (Lipinski definition) is 1. The first-order valence-corrected chi connectivity index (χ1v) is 7.17. The van der Waals surface area contributed by atoms with Crippen LogP contribution < -0.4 is 4.74 Å². The van der Waals surface area contributed by atoms with Gasteiger partial charge in [0.2, 0.25) is 0 Å². The van der Waals surface area contributed by atoms with E-state index in [0.717, 1.165) is 12.0 Å². The van der Waals surface area contributed by atoms with Crippen LogP contribution in [0.4, 0.5) is 4.39 Å². The number of halogens is 2. The number of ether oxygens (including phenoxy) is 1. The van der Waals surface area contributed by atoms with Crippen molar-refractivity contribution in [2.24, 2.45) is 11.8 Å². The molecule has 0 N–H and O–H groups in total. The maximum absolute atomic E-state index is 14.1. The van der Waals surface area contributed by atoms with E-state index in [1.807, 2.05) is 12.1 Å². The monoisotopic (exact) mass is 270 g/mol. The molecule has 1 saturated carbocycles. The van der Waals surface area contributed by atoms with Gasteiger partial charge in [0.15, 0.2) is 11.6 Å². The highest BCUT2D eigenvalue weighted by atomic mass is 35.5. The van der Waals surface area contributed by atoms with Gasteiger partial charge in [-0.1, -0.05) is 37.8 Å². The number of benzene rings is 1. The van der Waals surface area contributed by atoms with Crippen molar-refractivity contribution < 1.29 is 9.13 Å². The molecule has 1 aromatic rings. The number of alkyl halides is 1. The average Bonchev–Trinajstić information content (AvgIpc) is 2.91. The van der Waals surface area contributed by atoms with E-state index >= 15 is 0 Å². The predicted molar refractivity (Wildman–Crippen MR) is 72.8 cm³/mol. The van der Waals surface area contributed by atoms with E-state index in [0.29, 0.717) is 23.5 Å². The molecule has 100 valence electrons. The molecular formula is C15H20ClFO. The van der Waals surface area contributed by atoms with E-state index in [1.54, 1.807) is 6.07 Å². The molecule has 0 heterocycles. The van der Waals surface area contributed by atoms with Crippen LogP contribution in [0.3, 0.4) is 0 Å². The Balaban J connectivity index is 2.11. The fourth-order valence-electron chi connectivity index (χ4n) is 2.93. The lowest BCUT2D eigenvalue weighted by molar-refractivity contribution is 0.356. The molecule has 0 spiro atoms. The van der Waals surface area contributed by atoms with Crippen LogP contribution in [0.5, 0.6) is 5.75 Å². The SMILES string of the molecule is COc1cccc(CC(CCl)C2CCCC2)c1F. The first-order valence-electron chi connectivity index (χ1n) is 6.63. The van der Waals surface area contributed by atoms with Gasteiger partial charge in [0.05, 0.1) is 7.11 Å². The predicted octanol–water partition coefficient (Wildman–Crippen LogP) is 4.42. The van der Waals surface area contributed by atoms with Gasteiger partial charge in [0.1, 0.15) is 0 Å². The maximum atomic E-state index is 14.1. The van der Waals surface area contributed by atoms with Gasteiger partial charge < -0.3 is 4.74 Å². The second-order valence-corrected chi connectivity index (χ2v) is 5.41. The van der Waals surface area contributed by atoms with Gasteiger partial charge in [-0.2, -0.15) is 0 Å². The molecule has 1 atom stereocenters. The second-order valence-electron chi connectivity index (χ2n) is 5.10. The summed E-state index contributed by atoms with van der Waals surface area (Å²) in [6, 6.07) is 5.34. The van der Waals surface area contributed by atoms with Crippen molar-refractivity contribution in [3.05, 3.63) is 29.6 Å². The topological polar surface area (TPSA) is 9.23 Å². The fraction of sp³-hybridized carbons (Fsp3) is 0.600. The minimum Gasteiger partial charge on any atom is -0.494 e. The Bertz CT molecular complexity index is 388. The van der Waals surface area contributed by atoms with Crippen LogP contribution in [-0.2, 0) is 6.42 Å². The van der Waals surface area contributed by atoms with Crippen LogP contribution in [0, 0.1) is 17.7 Å². The first kappa shape index (κ1) is 13.7. The molecule has 3 heteroatoms. The van der Waals surface area contributed by atoms with Crippen molar-refractivity contribution in [3.8, 4) is 5.75 Å². The summed E-state index contributed by atoms with van der Waals surface area (Å²) in [6.07, 6.45) is 5.78. The Morgan fingerprint density at radius 1 is 1.39 bits per heavy atom. The zero-order valence-corrected chi connectivity index (χ0v) is 11.5. The van der Waals surface area contributed by atoms with Gasteiger partial charge in [-0.05, 0) is 29.9 Å². The van der Waals surface area contributed by atoms with Crippen molar-refractivity contribution in [1.29, 1.82) is 0 Å². The standard InChI is InChI=1S/C15H20ClFO/c1-18-14-8-4-7-12(15(14)17)9-13(10-16)11-5-2-3-6-11/h4,7-8,11,13H,2-3,5-6,9-10H2,1H3. The summed E-state index contributed by atoms with van der Waals surface area (Å²) in [7, 11) is 1.50. The first-order chi connectivity index (χ1) is 8.76. The summed E-state index contributed by atoms with van der Waals surface area (Å²) in [5.74, 6) is 1.76. The van der Waals surface area contributed by atoms with Crippen molar-refractivity contribution in [3.63, 3.8) is 0 Å². The van der Waals surface area contributed by atoms with Crippen molar-refractivity contribution in [2.45, 2.75) is 32.1 Å². The molecule has 0 saturated heterocycles. The maximum Gasteiger partial charge on any atom is 0.168 e. The third kappa shape index (κ3) is 2.97. The molecule has 0 bridgehead atoms. The van der Waals surface area contributed by atoms with Gasteiger partial charge >= 0.3 is 0 Å². The summed E-state index contributed by atoms with van der Waals surface area (Å²) < 4.78 is 19.1. The molecule has 0 radical (unpaired) electrons. The van der Waals surface area contributed by atoms with E-state index < -0.39 is 0 Å². The minimum absolute atomic E-state index is 0.229. The quantitative estimate of drug-likeness (QED) is 0.720. The zero-order valence-electron chi connectivity index (χ0n) is 10.8. The van der Waals surface area contributed by atoms with Gasteiger partial charge in [0, 0.05) is 5.88 Å². The fourth-order valence-corrected chi connectivity index (χ4v) is 3.29. The van der Waals surface area contributed by atoms with Gasteiger partial charge in [-0.25, -0.2) is 4.39 Å². The van der Waals surface area contributed by atoms with Crippen LogP contribution in [0.25, 0.3) is 0 Å². The molecule has 1 unspecified atom stereocenters. The summed E-state index contributed by atoms with van der Waals surface area (Å²) in [5.41, 5.74) is 0.729. The summed E-state index contributed by atoms with van der Waals surface area (Å²) >= 11 is 6.07. The summed E-state index contributed by atoms with van der Waals surface area (Å²) in [5, 5.41) is 0. The molecule has 1 fully saturated rings. The van der Waals surface area contributed by atoms with Crippen LogP contribution in [0.15, 0.2) is 18.2 Å². The number of rotatable bonds is 5. The van der Waals surface area contributed by atoms with E-state index in [4.69, 9.17) is 16.3 Å². The lowest BCUT2D eigenvalue weighted by Crippen LogP contribution is -2.17. The largest absolute Gasteiger partial charge is 0.494 e. The van der Waals surface area contributed by atoms with Crippen LogP contribution in [0.1, 0.15) is 31.2 Å². The Morgan fingerprint density at radius 3 is 2.72 bits per heavy atom. The van der Waals surface area contributed by atoms with Crippen molar-refractivity contribution in [1.82, 2.24) is 0 Å². The zero-order chi connectivity index (χ0) is 13.0. The highest BCUT2D eigenvalue weighted by molar-refractivity contribution is 6.18. The lowest BCUT2D eigenvalue weighted by Gasteiger charge is -2.21. The summed E-state index contributed by atoms with van der Waals surface area (Å²) in [4.78, 5) is 0. The molecule has 1 nitrogen and oxygen atoms in total. The van der Waals surface area contributed by atoms with E-state index in [-0.39, 0.29) is 5.82 Å². The second kappa shape index (κ2) is 6.42. The normalized spacial score (nSPS) is 17.9. The highest BCUT2D eigenvalue weighted by Gasteiger charge is 2.25. The van der Waals surface area contributed by atoms with E-state index in [1.165, 1.54) is 32.8 Å². The molecular weight excluding hydrogens is 251 g/mol. The van der Waals surface area contributed by atoms with Crippen LogP contribution >= 0.6 is 11.6 Å². The smallest absolute Gasteiger partial charge is 0.168 e. The molecule has 2 rings (SSSR count). The third-order valence-electron chi connectivity index (χ3n) is 4.01. The Hall–Kier alpha value is -0.760. The van der Waals surface area contributed by atoms with Crippen LogP contribution in [-0.4, -0.2) is 13.0 Å². The van der Waals surface area contributed by atoms with Gasteiger partial charge in [0.25, 0.3) is 0 Å². The summed E-state index contributed by atoms with van der Waals surface area (Å²) in [6.45, 7) is 0. The Labute approximate surface area is 113 Å². The third-order valence-corrected chi connectivity index (χ3v) is 4.41. The molecule has 0 amide bonds. The number of hydrogen-bond donors (Lipinski definition) is 0. The molecule has 1 aromatic carbocycles.